The van der Waals surface area contributed by atoms with E-state index >= 15 is 0 Å². The van der Waals surface area contributed by atoms with E-state index in [1.54, 1.807) is 4.57 Å². The van der Waals surface area contributed by atoms with Crippen LogP contribution in [0.15, 0.2) is 11.6 Å². The van der Waals surface area contributed by atoms with E-state index < -0.39 is 0 Å². The van der Waals surface area contributed by atoms with Crippen LogP contribution in [0.2, 0.25) is 0 Å². The van der Waals surface area contributed by atoms with E-state index in [2.05, 4.69) is 15.5 Å². The third-order valence-electron chi connectivity index (χ3n) is 3.79. The van der Waals surface area contributed by atoms with E-state index in [9.17, 15) is 4.79 Å². The van der Waals surface area contributed by atoms with E-state index in [0.717, 1.165) is 5.82 Å². The first kappa shape index (κ1) is 12.6. The van der Waals surface area contributed by atoms with Crippen LogP contribution in [0.5, 0.6) is 0 Å². The lowest BCUT2D eigenvalue weighted by Gasteiger charge is -2.05. The predicted octanol–water partition coefficient (Wildman–Crippen LogP) is 1.84. The zero-order valence-electron chi connectivity index (χ0n) is 11.0. The van der Waals surface area contributed by atoms with E-state index in [0.29, 0.717) is 23.2 Å². The van der Waals surface area contributed by atoms with E-state index in [1.165, 1.54) is 31.3 Å². The zero-order chi connectivity index (χ0) is 13.4. The SMILES string of the molecule is Cn1c(CNC(=O)C=C(C2CC2)C2CC2)n[nH]c1=S. The standard InChI is InChI=1S/C13H18N4OS/c1-17-11(15-16-13(17)19)7-14-12(18)6-10(8-2-3-8)9-4-5-9/h6,8-9H,2-5,7H2,1H3,(H,14,18)(H,16,19). The normalized spacial score (nSPS) is 18.2. The summed E-state index contributed by atoms with van der Waals surface area (Å²) >= 11 is 5.03. The van der Waals surface area contributed by atoms with Crippen LogP contribution in [0, 0.1) is 16.6 Å². The van der Waals surface area contributed by atoms with Gasteiger partial charge in [0.1, 0.15) is 0 Å². The number of aromatic amines is 1. The first-order chi connectivity index (χ1) is 9.15. The summed E-state index contributed by atoms with van der Waals surface area (Å²) in [5.74, 6) is 2.09. The minimum absolute atomic E-state index is 0.0114. The summed E-state index contributed by atoms with van der Waals surface area (Å²) in [6.45, 7) is 0.404. The molecule has 2 fully saturated rings. The van der Waals surface area contributed by atoms with Crippen LogP contribution < -0.4 is 5.32 Å². The number of allylic oxidation sites excluding steroid dienone is 1. The maximum absolute atomic E-state index is 11.9. The average Bonchev–Trinajstić information content (AvgIpc) is 3.28. The lowest BCUT2D eigenvalue weighted by Crippen LogP contribution is -2.23. The van der Waals surface area contributed by atoms with Crippen LogP contribution in [-0.2, 0) is 18.4 Å². The van der Waals surface area contributed by atoms with Crippen molar-refractivity contribution < 1.29 is 4.79 Å². The summed E-state index contributed by atoms with van der Waals surface area (Å²) in [7, 11) is 1.84. The molecular formula is C13H18N4OS. The van der Waals surface area contributed by atoms with Crippen LogP contribution >= 0.6 is 12.2 Å². The lowest BCUT2D eigenvalue weighted by molar-refractivity contribution is -0.116. The predicted molar refractivity (Wildman–Crippen MR) is 73.8 cm³/mol. The number of rotatable bonds is 5. The summed E-state index contributed by atoms with van der Waals surface area (Å²) in [6.07, 6.45) is 6.83. The highest BCUT2D eigenvalue weighted by atomic mass is 32.1. The van der Waals surface area contributed by atoms with Gasteiger partial charge in [-0.2, -0.15) is 5.10 Å². The second-order valence-electron chi connectivity index (χ2n) is 5.41. The van der Waals surface area contributed by atoms with Crippen molar-refractivity contribution in [1.82, 2.24) is 20.1 Å². The molecule has 5 nitrogen and oxygen atoms in total. The summed E-state index contributed by atoms with van der Waals surface area (Å²) in [5.41, 5.74) is 1.37. The smallest absolute Gasteiger partial charge is 0.244 e. The molecule has 0 bridgehead atoms. The fourth-order valence-corrected chi connectivity index (χ4v) is 2.46. The number of carbonyl (C=O) groups is 1. The summed E-state index contributed by atoms with van der Waals surface area (Å²) < 4.78 is 2.33. The van der Waals surface area contributed by atoms with Crippen molar-refractivity contribution in [3.05, 3.63) is 22.2 Å². The van der Waals surface area contributed by atoms with Gasteiger partial charge in [0.25, 0.3) is 0 Å². The maximum Gasteiger partial charge on any atom is 0.244 e. The Kier molecular flexibility index (Phi) is 3.26. The summed E-state index contributed by atoms with van der Waals surface area (Å²) in [4.78, 5) is 11.9. The number of H-pyrrole nitrogens is 1. The molecule has 2 N–H and O–H groups in total. The molecule has 0 aliphatic heterocycles. The zero-order valence-corrected chi connectivity index (χ0v) is 11.8. The first-order valence-electron chi connectivity index (χ1n) is 6.74. The third-order valence-corrected chi connectivity index (χ3v) is 4.15. The number of nitrogens with zero attached hydrogens (tertiary/aromatic N) is 2. The molecule has 0 saturated heterocycles. The van der Waals surface area contributed by atoms with Crippen molar-refractivity contribution in [3.63, 3.8) is 0 Å². The van der Waals surface area contributed by atoms with Crippen molar-refractivity contribution in [2.24, 2.45) is 18.9 Å². The van der Waals surface area contributed by atoms with Gasteiger partial charge in [0.2, 0.25) is 5.91 Å². The van der Waals surface area contributed by atoms with Crippen LogP contribution in [0.4, 0.5) is 0 Å². The van der Waals surface area contributed by atoms with Crippen molar-refractivity contribution >= 4 is 18.1 Å². The molecular weight excluding hydrogens is 260 g/mol. The Hall–Kier alpha value is -1.43. The van der Waals surface area contributed by atoms with Gasteiger partial charge in [-0.15, -0.1) is 0 Å². The largest absolute Gasteiger partial charge is 0.345 e. The van der Waals surface area contributed by atoms with Gasteiger partial charge in [0.05, 0.1) is 6.54 Å². The van der Waals surface area contributed by atoms with Gasteiger partial charge in [0, 0.05) is 13.1 Å². The van der Waals surface area contributed by atoms with Crippen LogP contribution in [0.1, 0.15) is 31.5 Å². The van der Waals surface area contributed by atoms with Crippen molar-refractivity contribution in [2.75, 3.05) is 0 Å². The molecule has 0 spiro atoms. The molecule has 0 unspecified atom stereocenters. The van der Waals surface area contributed by atoms with Crippen LogP contribution in [0.25, 0.3) is 0 Å². The number of carbonyl (C=O) groups excluding carboxylic acids is 1. The molecule has 19 heavy (non-hydrogen) atoms. The summed E-state index contributed by atoms with van der Waals surface area (Å²) in [5, 5.41) is 9.66. The van der Waals surface area contributed by atoms with Gasteiger partial charge in [-0.05, 0) is 49.7 Å². The Bertz CT molecular complexity index is 564. The molecule has 102 valence electrons. The molecule has 2 saturated carbocycles. The molecule has 2 aliphatic rings. The fourth-order valence-electron chi connectivity index (χ4n) is 2.31. The van der Waals surface area contributed by atoms with E-state index in [4.69, 9.17) is 12.2 Å². The molecule has 1 heterocycles. The third kappa shape index (κ3) is 2.94. The van der Waals surface area contributed by atoms with Crippen LogP contribution in [-0.4, -0.2) is 20.7 Å². The minimum Gasteiger partial charge on any atom is -0.345 e. The molecule has 6 heteroatoms. The molecule has 1 aromatic rings. The summed E-state index contributed by atoms with van der Waals surface area (Å²) in [6, 6.07) is 0. The van der Waals surface area contributed by atoms with Gasteiger partial charge in [-0.3, -0.25) is 9.89 Å². The number of nitrogens with one attached hydrogen (secondary N) is 2. The second kappa shape index (κ2) is 4.92. The Morgan fingerprint density at radius 2 is 2.11 bits per heavy atom. The van der Waals surface area contributed by atoms with Gasteiger partial charge in [-0.1, -0.05) is 5.57 Å². The van der Waals surface area contributed by atoms with Crippen molar-refractivity contribution in [1.29, 1.82) is 0 Å². The number of amides is 1. The van der Waals surface area contributed by atoms with Crippen molar-refractivity contribution in [3.8, 4) is 0 Å². The lowest BCUT2D eigenvalue weighted by atomic mass is 10.1. The average molecular weight is 278 g/mol. The molecule has 2 aliphatic carbocycles. The monoisotopic (exact) mass is 278 g/mol. The Morgan fingerprint density at radius 1 is 1.47 bits per heavy atom. The molecule has 0 aromatic carbocycles. The van der Waals surface area contributed by atoms with Gasteiger partial charge in [0.15, 0.2) is 10.6 Å². The van der Waals surface area contributed by atoms with E-state index in [-0.39, 0.29) is 5.91 Å². The van der Waals surface area contributed by atoms with Gasteiger partial charge >= 0.3 is 0 Å². The highest BCUT2D eigenvalue weighted by molar-refractivity contribution is 7.71. The highest BCUT2D eigenvalue weighted by Crippen LogP contribution is 2.48. The van der Waals surface area contributed by atoms with Crippen molar-refractivity contribution in [2.45, 2.75) is 32.2 Å². The highest BCUT2D eigenvalue weighted by Gasteiger charge is 2.36. The maximum atomic E-state index is 11.9. The van der Waals surface area contributed by atoms with Gasteiger partial charge < -0.3 is 9.88 Å². The van der Waals surface area contributed by atoms with Crippen LogP contribution in [0.3, 0.4) is 0 Å². The quantitative estimate of drug-likeness (QED) is 0.638. The van der Waals surface area contributed by atoms with E-state index in [1.807, 2.05) is 13.1 Å². The molecule has 0 radical (unpaired) electrons. The molecule has 1 aromatic heterocycles. The number of hydrogen-bond acceptors (Lipinski definition) is 3. The topological polar surface area (TPSA) is 62.7 Å². The fraction of sp³-hybridized carbons (Fsp3) is 0.615. The molecule has 1 amide bonds. The molecule has 0 atom stereocenters. The number of aromatic nitrogens is 3. The Morgan fingerprint density at radius 3 is 2.58 bits per heavy atom. The number of hydrogen-bond donors (Lipinski definition) is 2. The first-order valence-corrected chi connectivity index (χ1v) is 7.15. The second-order valence-corrected chi connectivity index (χ2v) is 5.80. The Labute approximate surface area is 117 Å². The van der Waals surface area contributed by atoms with Gasteiger partial charge in [-0.25, -0.2) is 0 Å². The Balaban J connectivity index is 1.60. The molecule has 3 rings (SSSR count). The minimum atomic E-state index is -0.0114.